The fourth-order valence-electron chi connectivity index (χ4n) is 1.42. The van der Waals surface area contributed by atoms with E-state index in [4.69, 9.17) is 14.6 Å². The topological polar surface area (TPSA) is 55.8 Å². The number of rotatable bonds is 5. The lowest BCUT2D eigenvalue weighted by atomic mass is 10.1. The first-order chi connectivity index (χ1) is 8.01. The number of hydrogen-bond donors (Lipinski definition) is 1. The first-order valence-electron chi connectivity index (χ1n) is 4.81. The van der Waals surface area contributed by atoms with Gasteiger partial charge >= 0.3 is 5.97 Å². The molecule has 1 rings (SSSR count). The molecule has 0 saturated carbocycles. The summed E-state index contributed by atoms with van der Waals surface area (Å²) in [6, 6.07) is 1.55. The van der Waals surface area contributed by atoms with E-state index in [2.05, 4.69) is 15.9 Å². The standard InChI is InChI=1S/C11H12BrFO4/c1-16-8-5-7(12)6(3-4-9(14)15)10(13)11(8)17-2/h5H,3-4H2,1-2H3,(H,14,15). The average Bonchev–Trinajstić information content (AvgIpc) is 2.27. The van der Waals surface area contributed by atoms with Gasteiger partial charge in [-0.25, -0.2) is 4.39 Å². The van der Waals surface area contributed by atoms with Crippen LogP contribution in [0.3, 0.4) is 0 Å². The summed E-state index contributed by atoms with van der Waals surface area (Å²) < 4.78 is 24.3. The Bertz CT molecular complexity index is 434. The Balaban J connectivity index is 3.17. The minimum Gasteiger partial charge on any atom is -0.493 e. The van der Waals surface area contributed by atoms with Crippen molar-refractivity contribution in [2.45, 2.75) is 12.8 Å². The maximum atomic E-state index is 14.0. The minimum absolute atomic E-state index is 0.0175. The maximum absolute atomic E-state index is 14.0. The molecule has 0 aliphatic carbocycles. The highest BCUT2D eigenvalue weighted by Gasteiger charge is 2.19. The summed E-state index contributed by atoms with van der Waals surface area (Å²) in [7, 11) is 2.73. The lowest BCUT2D eigenvalue weighted by molar-refractivity contribution is -0.136. The first-order valence-corrected chi connectivity index (χ1v) is 5.61. The van der Waals surface area contributed by atoms with Crippen molar-refractivity contribution in [1.82, 2.24) is 0 Å². The molecule has 0 fully saturated rings. The second kappa shape index (κ2) is 5.86. The van der Waals surface area contributed by atoms with Gasteiger partial charge in [0.2, 0.25) is 0 Å². The molecule has 0 aliphatic rings. The van der Waals surface area contributed by atoms with E-state index in [0.29, 0.717) is 4.47 Å². The highest BCUT2D eigenvalue weighted by Crippen LogP contribution is 2.37. The Labute approximate surface area is 106 Å². The van der Waals surface area contributed by atoms with Gasteiger partial charge in [0, 0.05) is 16.5 Å². The number of carboxylic acids is 1. The van der Waals surface area contributed by atoms with Crippen LogP contribution < -0.4 is 9.47 Å². The van der Waals surface area contributed by atoms with E-state index in [-0.39, 0.29) is 29.9 Å². The molecule has 0 atom stereocenters. The fourth-order valence-corrected chi connectivity index (χ4v) is 2.00. The van der Waals surface area contributed by atoms with Gasteiger partial charge in [-0.15, -0.1) is 0 Å². The molecule has 6 heteroatoms. The van der Waals surface area contributed by atoms with Crippen LogP contribution in [-0.4, -0.2) is 25.3 Å². The van der Waals surface area contributed by atoms with Crippen molar-refractivity contribution < 1.29 is 23.8 Å². The van der Waals surface area contributed by atoms with Crippen LogP contribution in [0.4, 0.5) is 4.39 Å². The number of methoxy groups -OCH3 is 2. The van der Waals surface area contributed by atoms with Crippen LogP contribution in [0.1, 0.15) is 12.0 Å². The monoisotopic (exact) mass is 306 g/mol. The lowest BCUT2D eigenvalue weighted by Crippen LogP contribution is -2.03. The van der Waals surface area contributed by atoms with Crippen LogP contribution in [0, 0.1) is 5.82 Å². The summed E-state index contributed by atoms with van der Waals surface area (Å²) in [5.41, 5.74) is 0.269. The van der Waals surface area contributed by atoms with Gasteiger partial charge in [0.15, 0.2) is 17.3 Å². The van der Waals surface area contributed by atoms with E-state index in [0.717, 1.165) is 0 Å². The number of carboxylic acid groups (broad SMARTS) is 1. The molecule has 0 saturated heterocycles. The van der Waals surface area contributed by atoms with Crippen LogP contribution >= 0.6 is 15.9 Å². The number of halogens is 2. The zero-order valence-electron chi connectivity index (χ0n) is 9.42. The maximum Gasteiger partial charge on any atom is 0.303 e. The number of hydrogen-bond acceptors (Lipinski definition) is 3. The SMILES string of the molecule is COc1cc(Br)c(CCC(=O)O)c(F)c1OC. The summed E-state index contributed by atoms with van der Waals surface area (Å²) in [5, 5.41) is 8.59. The van der Waals surface area contributed by atoms with Gasteiger partial charge < -0.3 is 14.6 Å². The summed E-state index contributed by atoms with van der Waals surface area (Å²) in [5.74, 6) is -1.34. The van der Waals surface area contributed by atoms with Crippen LogP contribution in [-0.2, 0) is 11.2 Å². The van der Waals surface area contributed by atoms with Gasteiger partial charge in [0.05, 0.1) is 14.2 Å². The van der Waals surface area contributed by atoms with Gasteiger partial charge in [0.25, 0.3) is 0 Å². The van der Waals surface area contributed by atoms with E-state index in [9.17, 15) is 9.18 Å². The van der Waals surface area contributed by atoms with Crippen molar-refractivity contribution >= 4 is 21.9 Å². The highest BCUT2D eigenvalue weighted by molar-refractivity contribution is 9.10. The molecular weight excluding hydrogens is 295 g/mol. The van der Waals surface area contributed by atoms with Crippen molar-refractivity contribution in [1.29, 1.82) is 0 Å². The number of ether oxygens (including phenoxy) is 2. The van der Waals surface area contributed by atoms with Gasteiger partial charge in [-0.2, -0.15) is 0 Å². The molecular formula is C11H12BrFO4. The third-order valence-corrected chi connectivity index (χ3v) is 2.95. The fraction of sp³-hybridized carbons (Fsp3) is 0.364. The molecule has 0 unspecified atom stereocenters. The summed E-state index contributed by atoms with van der Waals surface area (Å²) in [4.78, 5) is 10.5. The Morgan fingerprint density at radius 3 is 2.59 bits per heavy atom. The molecule has 0 radical (unpaired) electrons. The largest absolute Gasteiger partial charge is 0.493 e. The predicted octanol–water partition coefficient (Wildman–Crippen LogP) is 2.62. The van der Waals surface area contributed by atoms with E-state index >= 15 is 0 Å². The quantitative estimate of drug-likeness (QED) is 0.908. The average molecular weight is 307 g/mol. The highest BCUT2D eigenvalue weighted by atomic mass is 79.9. The third-order valence-electron chi connectivity index (χ3n) is 2.25. The Hall–Kier alpha value is -1.30. The van der Waals surface area contributed by atoms with E-state index < -0.39 is 11.8 Å². The summed E-state index contributed by atoms with van der Waals surface area (Å²) in [6.07, 6.45) is -0.0624. The smallest absolute Gasteiger partial charge is 0.303 e. The lowest BCUT2D eigenvalue weighted by Gasteiger charge is -2.13. The number of benzene rings is 1. The van der Waals surface area contributed by atoms with Crippen molar-refractivity contribution in [2.24, 2.45) is 0 Å². The third kappa shape index (κ3) is 3.09. The molecule has 0 heterocycles. The molecule has 4 nitrogen and oxygen atoms in total. The van der Waals surface area contributed by atoms with Crippen molar-refractivity contribution in [3.63, 3.8) is 0 Å². The molecule has 1 aromatic carbocycles. The van der Waals surface area contributed by atoms with E-state index in [1.165, 1.54) is 14.2 Å². The van der Waals surface area contributed by atoms with Gasteiger partial charge in [-0.1, -0.05) is 15.9 Å². The second-order valence-corrected chi connectivity index (χ2v) is 4.13. The molecule has 1 aromatic rings. The molecule has 0 aliphatic heterocycles. The predicted molar refractivity (Wildman–Crippen MR) is 63.2 cm³/mol. The van der Waals surface area contributed by atoms with Crippen LogP contribution in [0.5, 0.6) is 11.5 Å². The summed E-state index contributed by atoms with van der Waals surface area (Å²) >= 11 is 3.18. The van der Waals surface area contributed by atoms with E-state index in [1.807, 2.05) is 0 Å². The molecule has 0 spiro atoms. The molecule has 0 aromatic heterocycles. The van der Waals surface area contributed by atoms with Crippen molar-refractivity contribution in [2.75, 3.05) is 14.2 Å². The Kier molecular flexibility index (Phi) is 4.74. The number of aliphatic carboxylic acids is 1. The first kappa shape index (κ1) is 13.8. The van der Waals surface area contributed by atoms with Gasteiger partial charge in [-0.05, 0) is 12.5 Å². The van der Waals surface area contributed by atoms with Crippen LogP contribution in [0.15, 0.2) is 10.5 Å². The van der Waals surface area contributed by atoms with Gasteiger partial charge in [0.1, 0.15) is 0 Å². The van der Waals surface area contributed by atoms with Crippen LogP contribution in [0.25, 0.3) is 0 Å². The van der Waals surface area contributed by atoms with Gasteiger partial charge in [-0.3, -0.25) is 4.79 Å². The number of carbonyl (C=O) groups is 1. The Morgan fingerprint density at radius 1 is 1.47 bits per heavy atom. The van der Waals surface area contributed by atoms with Crippen molar-refractivity contribution in [3.8, 4) is 11.5 Å². The van der Waals surface area contributed by atoms with Crippen molar-refractivity contribution in [3.05, 3.63) is 21.9 Å². The molecule has 1 N–H and O–H groups in total. The zero-order chi connectivity index (χ0) is 13.0. The molecule has 0 amide bonds. The van der Waals surface area contributed by atoms with E-state index in [1.54, 1.807) is 6.07 Å². The molecule has 94 valence electrons. The van der Waals surface area contributed by atoms with Crippen LogP contribution in [0.2, 0.25) is 0 Å². The second-order valence-electron chi connectivity index (χ2n) is 3.28. The Morgan fingerprint density at radius 2 is 2.12 bits per heavy atom. The minimum atomic E-state index is -0.980. The molecule has 17 heavy (non-hydrogen) atoms. The normalized spacial score (nSPS) is 10.1. The molecule has 0 bridgehead atoms. The summed E-state index contributed by atoms with van der Waals surface area (Å²) in [6.45, 7) is 0. The zero-order valence-corrected chi connectivity index (χ0v) is 11.0.